The largest absolute Gasteiger partial charge is 0.316 e. The smallest absolute Gasteiger partial charge is 0.215 e. The van der Waals surface area contributed by atoms with Crippen LogP contribution in [0, 0.1) is 11.8 Å². The van der Waals surface area contributed by atoms with E-state index in [0.29, 0.717) is 18.4 Å². The summed E-state index contributed by atoms with van der Waals surface area (Å²) in [6, 6.07) is 0.226. The molecule has 1 unspecified atom stereocenters. The number of sulfonamides is 1. The fourth-order valence-electron chi connectivity index (χ4n) is 2.25. The van der Waals surface area contributed by atoms with Crippen LogP contribution >= 0.6 is 0 Å². The first kappa shape index (κ1) is 13.3. The molecular weight excluding hydrogens is 236 g/mol. The summed E-state index contributed by atoms with van der Waals surface area (Å²) < 4.78 is 27.3. The van der Waals surface area contributed by atoms with Gasteiger partial charge in [-0.2, -0.15) is 0 Å². The summed E-state index contributed by atoms with van der Waals surface area (Å²) >= 11 is 0. The molecule has 5 heteroatoms. The molecule has 0 aromatic heterocycles. The second kappa shape index (κ2) is 5.24. The summed E-state index contributed by atoms with van der Waals surface area (Å²) in [6.07, 6.45) is 4.80. The Morgan fingerprint density at radius 2 is 1.71 bits per heavy atom. The molecule has 0 saturated heterocycles. The molecule has 2 aliphatic carbocycles. The van der Waals surface area contributed by atoms with Crippen LogP contribution < -0.4 is 10.0 Å². The lowest BCUT2D eigenvalue weighted by Crippen LogP contribution is -2.45. The van der Waals surface area contributed by atoms with Crippen LogP contribution in [0.15, 0.2) is 0 Å². The van der Waals surface area contributed by atoms with E-state index in [-0.39, 0.29) is 11.3 Å². The number of rotatable bonds is 8. The van der Waals surface area contributed by atoms with Crippen LogP contribution in [0.3, 0.4) is 0 Å². The first-order valence-electron chi connectivity index (χ1n) is 6.76. The van der Waals surface area contributed by atoms with Crippen molar-refractivity contribution in [1.29, 1.82) is 0 Å². The first-order chi connectivity index (χ1) is 8.04. The van der Waals surface area contributed by atoms with Crippen LogP contribution in [0.5, 0.6) is 0 Å². The lowest BCUT2D eigenvalue weighted by Gasteiger charge is -2.21. The predicted molar refractivity (Wildman–Crippen MR) is 69.3 cm³/mol. The van der Waals surface area contributed by atoms with E-state index in [1.165, 1.54) is 25.7 Å². The van der Waals surface area contributed by atoms with Gasteiger partial charge < -0.3 is 5.32 Å². The zero-order chi connectivity index (χ0) is 12.5. The molecule has 2 saturated carbocycles. The molecule has 2 rings (SSSR count). The van der Waals surface area contributed by atoms with Crippen molar-refractivity contribution < 1.29 is 8.42 Å². The molecule has 17 heavy (non-hydrogen) atoms. The maximum Gasteiger partial charge on any atom is 0.215 e. The van der Waals surface area contributed by atoms with Gasteiger partial charge in [-0.15, -0.1) is 0 Å². The van der Waals surface area contributed by atoms with Gasteiger partial charge in [-0.1, -0.05) is 6.92 Å². The Bertz CT molecular complexity index is 336. The molecule has 0 amide bonds. The summed E-state index contributed by atoms with van der Waals surface area (Å²) in [6.45, 7) is 5.12. The van der Waals surface area contributed by atoms with E-state index in [0.717, 1.165) is 6.54 Å². The molecular formula is C12H24N2O2S. The van der Waals surface area contributed by atoms with Gasteiger partial charge in [0.25, 0.3) is 0 Å². The van der Waals surface area contributed by atoms with Crippen LogP contribution in [0.1, 0.15) is 39.5 Å². The van der Waals surface area contributed by atoms with Gasteiger partial charge in [-0.25, -0.2) is 13.1 Å². The van der Waals surface area contributed by atoms with Gasteiger partial charge in [0.1, 0.15) is 0 Å². The Morgan fingerprint density at radius 3 is 2.12 bits per heavy atom. The highest BCUT2D eigenvalue weighted by Crippen LogP contribution is 2.44. The third-order valence-electron chi connectivity index (χ3n) is 3.77. The molecule has 0 bridgehead atoms. The topological polar surface area (TPSA) is 58.2 Å². The van der Waals surface area contributed by atoms with Gasteiger partial charge in [-0.3, -0.25) is 0 Å². The van der Waals surface area contributed by atoms with E-state index < -0.39 is 10.0 Å². The molecule has 0 spiro atoms. The minimum atomic E-state index is -3.15. The number of nitrogens with one attached hydrogen (secondary N) is 2. The van der Waals surface area contributed by atoms with E-state index in [4.69, 9.17) is 0 Å². The first-order valence-corrected chi connectivity index (χ1v) is 8.31. The van der Waals surface area contributed by atoms with E-state index in [1.54, 1.807) is 6.92 Å². The summed E-state index contributed by atoms with van der Waals surface area (Å²) in [7, 11) is -3.15. The standard InChI is InChI=1S/C12H24N2O2S/c1-3-13-8-9(2)17(15,16)14-12(10-4-5-10)11-6-7-11/h9-14H,3-8H2,1-2H3. The third kappa shape index (κ3) is 3.66. The third-order valence-corrected chi connectivity index (χ3v) is 5.60. The van der Waals surface area contributed by atoms with Crippen molar-refractivity contribution in [2.24, 2.45) is 11.8 Å². The van der Waals surface area contributed by atoms with Crippen LogP contribution in [-0.2, 0) is 10.0 Å². The van der Waals surface area contributed by atoms with Crippen molar-refractivity contribution in [1.82, 2.24) is 10.0 Å². The molecule has 2 aliphatic rings. The van der Waals surface area contributed by atoms with E-state index >= 15 is 0 Å². The van der Waals surface area contributed by atoms with E-state index in [9.17, 15) is 8.42 Å². The minimum Gasteiger partial charge on any atom is -0.316 e. The second-order valence-electron chi connectivity index (χ2n) is 5.48. The Morgan fingerprint density at radius 1 is 1.18 bits per heavy atom. The lowest BCUT2D eigenvalue weighted by molar-refractivity contribution is 0.465. The molecule has 0 heterocycles. The van der Waals surface area contributed by atoms with Crippen molar-refractivity contribution in [2.75, 3.05) is 13.1 Å². The zero-order valence-electron chi connectivity index (χ0n) is 10.8. The zero-order valence-corrected chi connectivity index (χ0v) is 11.6. The number of hydrogen-bond donors (Lipinski definition) is 2. The van der Waals surface area contributed by atoms with Gasteiger partial charge in [0.15, 0.2) is 0 Å². The van der Waals surface area contributed by atoms with E-state index in [2.05, 4.69) is 10.0 Å². The van der Waals surface area contributed by atoms with Crippen molar-refractivity contribution in [3.8, 4) is 0 Å². The van der Waals surface area contributed by atoms with Gasteiger partial charge in [-0.05, 0) is 51.0 Å². The highest BCUT2D eigenvalue weighted by atomic mass is 32.2. The lowest BCUT2D eigenvalue weighted by atomic mass is 10.1. The summed E-state index contributed by atoms with van der Waals surface area (Å²) in [5.74, 6) is 1.23. The molecule has 1 atom stereocenters. The van der Waals surface area contributed by atoms with Gasteiger partial charge in [0.05, 0.1) is 5.25 Å². The molecule has 0 aromatic rings. The minimum absolute atomic E-state index is 0.226. The Labute approximate surface area is 105 Å². The van der Waals surface area contributed by atoms with E-state index in [1.807, 2.05) is 6.92 Å². The maximum absolute atomic E-state index is 12.2. The van der Waals surface area contributed by atoms with Crippen molar-refractivity contribution in [3.63, 3.8) is 0 Å². The predicted octanol–water partition coefficient (Wildman–Crippen LogP) is 1.09. The van der Waals surface area contributed by atoms with Crippen molar-refractivity contribution in [2.45, 2.75) is 50.8 Å². The van der Waals surface area contributed by atoms with Crippen molar-refractivity contribution >= 4 is 10.0 Å². The van der Waals surface area contributed by atoms with Crippen LogP contribution in [0.4, 0.5) is 0 Å². The number of hydrogen-bond acceptors (Lipinski definition) is 3. The summed E-state index contributed by atoms with van der Waals surface area (Å²) in [4.78, 5) is 0. The molecule has 2 N–H and O–H groups in total. The van der Waals surface area contributed by atoms with Crippen LogP contribution in [0.2, 0.25) is 0 Å². The van der Waals surface area contributed by atoms with Crippen LogP contribution in [-0.4, -0.2) is 32.8 Å². The SMILES string of the molecule is CCNCC(C)S(=O)(=O)NC(C1CC1)C1CC1. The maximum atomic E-state index is 12.2. The highest BCUT2D eigenvalue weighted by Gasteiger charge is 2.43. The van der Waals surface area contributed by atoms with Crippen molar-refractivity contribution in [3.05, 3.63) is 0 Å². The molecule has 4 nitrogen and oxygen atoms in total. The normalized spacial score (nSPS) is 23.0. The Hall–Kier alpha value is -0.130. The average Bonchev–Trinajstić information content (AvgIpc) is 3.16. The van der Waals surface area contributed by atoms with Crippen LogP contribution in [0.25, 0.3) is 0 Å². The molecule has 0 aliphatic heterocycles. The fraction of sp³-hybridized carbons (Fsp3) is 1.00. The summed E-state index contributed by atoms with van der Waals surface area (Å²) in [5, 5.41) is 2.75. The van der Waals surface area contributed by atoms with Gasteiger partial charge in [0, 0.05) is 12.6 Å². The molecule has 0 radical (unpaired) electrons. The molecule has 100 valence electrons. The Kier molecular flexibility index (Phi) is 4.10. The quantitative estimate of drug-likeness (QED) is 0.687. The summed E-state index contributed by atoms with van der Waals surface area (Å²) in [5.41, 5.74) is 0. The monoisotopic (exact) mass is 260 g/mol. The highest BCUT2D eigenvalue weighted by molar-refractivity contribution is 7.90. The van der Waals surface area contributed by atoms with Gasteiger partial charge in [0.2, 0.25) is 10.0 Å². The van der Waals surface area contributed by atoms with Gasteiger partial charge >= 0.3 is 0 Å². The molecule has 0 aromatic carbocycles. The average molecular weight is 260 g/mol. The second-order valence-corrected chi connectivity index (χ2v) is 7.61. The fourth-order valence-corrected chi connectivity index (χ4v) is 3.59. The molecule has 2 fully saturated rings. The Balaban J connectivity index is 1.90.